The first kappa shape index (κ1) is 15.5. The summed E-state index contributed by atoms with van der Waals surface area (Å²) in [6, 6.07) is 10.1. The standard InChI is InChI=1S/C18H25NO3/c1-18(2,12-7-5-4-6-8-12)17(20)19-15-13-9-10-22-16(13)14(15)11-21-3/h4-8,13-16H,9-11H2,1-3H3,(H,19,20)/t13-,14+,15+,16-/m0/s1. The maximum Gasteiger partial charge on any atom is 0.230 e. The molecule has 1 aliphatic heterocycles. The summed E-state index contributed by atoms with van der Waals surface area (Å²) in [6.45, 7) is 5.39. The second-order valence-corrected chi connectivity index (χ2v) is 6.90. The molecule has 120 valence electrons. The molecule has 0 spiro atoms. The van der Waals surface area contributed by atoms with Crippen LogP contribution in [0.1, 0.15) is 25.8 Å². The van der Waals surface area contributed by atoms with Crippen LogP contribution in [0.25, 0.3) is 0 Å². The number of rotatable bonds is 5. The van der Waals surface area contributed by atoms with Gasteiger partial charge < -0.3 is 14.8 Å². The Hall–Kier alpha value is -1.39. The van der Waals surface area contributed by atoms with E-state index in [0.717, 1.165) is 18.6 Å². The first-order chi connectivity index (χ1) is 10.6. The molecule has 0 unspecified atom stereocenters. The highest BCUT2D eigenvalue weighted by Crippen LogP contribution is 2.44. The molecule has 3 rings (SSSR count). The SMILES string of the molecule is COC[C@@H]1[C@H](NC(=O)C(C)(C)c2ccccc2)[C@@H]2CCO[C@H]12. The maximum absolute atomic E-state index is 12.8. The molecule has 4 nitrogen and oxygen atoms in total. The van der Waals surface area contributed by atoms with Gasteiger partial charge in [0.25, 0.3) is 0 Å². The zero-order valence-electron chi connectivity index (χ0n) is 13.5. The van der Waals surface area contributed by atoms with E-state index in [1.807, 2.05) is 44.2 Å². The van der Waals surface area contributed by atoms with Gasteiger partial charge in [0, 0.05) is 31.6 Å². The lowest BCUT2D eigenvalue weighted by Crippen LogP contribution is -2.64. The number of carbonyl (C=O) groups is 1. The minimum atomic E-state index is -0.538. The predicted molar refractivity (Wildman–Crippen MR) is 84.6 cm³/mol. The number of fused-ring (bicyclic) bond motifs is 1. The lowest BCUT2D eigenvalue weighted by molar-refractivity contribution is -0.134. The lowest BCUT2D eigenvalue weighted by Gasteiger charge is -2.48. The molecule has 1 N–H and O–H groups in total. The topological polar surface area (TPSA) is 47.6 Å². The van der Waals surface area contributed by atoms with E-state index in [0.29, 0.717) is 12.5 Å². The van der Waals surface area contributed by atoms with Crippen molar-refractivity contribution in [1.82, 2.24) is 5.32 Å². The van der Waals surface area contributed by atoms with Gasteiger partial charge in [0.05, 0.1) is 18.1 Å². The van der Waals surface area contributed by atoms with E-state index in [9.17, 15) is 4.79 Å². The fourth-order valence-corrected chi connectivity index (χ4v) is 3.75. The van der Waals surface area contributed by atoms with Crippen LogP contribution in [0.3, 0.4) is 0 Å². The molecular weight excluding hydrogens is 278 g/mol. The number of amides is 1. The fourth-order valence-electron chi connectivity index (χ4n) is 3.75. The van der Waals surface area contributed by atoms with E-state index in [1.165, 1.54) is 0 Å². The van der Waals surface area contributed by atoms with Crippen molar-refractivity contribution in [2.45, 2.75) is 37.8 Å². The van der Waals surface area contributed by atoms with Crippen LogP contribution in [0.4, 0.5) is 0 Å². The number of carbonyl (C=O) groups excluding carboxylic acids is 1. The van der Waals surface area contributed by atoms with Gasteiger partial charge in [-0.25, -0.2) is 0 Å². The molecule has 1 saturated heterocycles. The number of hydrogen-bond acceptors (Lipinski definition) is 3. The molecule has 4 atom stereocenters. The summed E-state index contributed by atoms with van der Waals surface area (Å²) in [5, 5.41) is 3.26. The Balaban J connectivity index is 1.70. The molecule has 1 aromatic carbocycles. The first-order valence-corrected chi connectivity index (χ1v) is 8.02. The zero-order valence-corrected chi connectivity index (χ0v) is 13.5. The summed E-state index contributed by atoms with van der Waals surface area (Å²) < 4.78 is 11.1. The number of hydrogen-bond donors (Lipinski definition) is 1. The molecular formula is C18H25NO3. The molecule has 1 aliphatic carbocycles. The molecule has 1 aromatic rings. The van der Waals surface area contributed by atoms with Gasteiger partial charge >= 0.3 is 0 Å². The van der Waals surface area contributed by atoms with Crippen LogP contribution >= 0.6 is 0 Å². The van der Waals surface area contributed by atoms with Gasteiger partial charge in [0.2, 0.25) is 5.91 Å². The number of benzene rings is 1. The first-order valence-electron chi connectivity index (χ1n) is 8.02. The summed E-state index contributed by atoms with van der Waals surface area (Å²) in [6.07, 6.45) is 1.28. The van der Waals surface area contributed by atoms with E-state index in [2.05, 4.69) is 5.32 Å². The van der Waals surface area contributed by atoms with Crippen LogP contribution in [0, 0.1) is 11.8 Å². The van der Waals surface area contributed by atoms with Crippen molar-refractivity contribution in [2.75, 3.05) is 20.3 Å². The Kier molecular flexibility index (Phi) is 4.24. The van der Waals surface area contributed by atoms with E-state index in [4.69, 9.17) is 9.47 Å². The Morgan fingerprint density at radius 2 is 2.09 bits per heavy atom. The van der Waals surface area contributed by atoms with E-state index in [-0.39, 0.29) is 24.0 Å². The van der Waals surface area contributed by atoms with Crippen molar-refractivity contribution in [3.8, 4) is 0 Å². The molecule has 1 amide bonds. The highest BCUT2D eigenvalue weighted by molar-refractivity contribution is 5.87. The number of nitrogens with one attached hydrogen (secondary N) is 1. The predicted octanol–water partition coefficient (Wildman–Crippen LogP) is 2.13. The highest BCUT2D eigenvalue weighted by atomic mass is 16.5. The largest absolute Gasteiger partial charge is 0.384 e. The molecule has 2 fully saturated rings. The Labute approximate surface area is 132 Å². The van der Waals surface area contributed by atoms with Gasteiger partial charge in [-0.3, -0.25) is 4.79 Å². The lowest BCUT2D eigenvalue weighted by atomic mass is 9.66. The molecule has 2 aliphatic rings. The average molecular weight is 303 g/mol. The van der Waals surface area contributed by atoms with Gasteiger partial charge in [0.15, 0.2) is 0 Å². The Morgan fingerprint density at radius 1 is 1.36 bits per heavy atom. The fraction of sp³-hybridized carbons (Fsp3) is 0.611. The maximum atomic E-state index is 12.8. The summed E-state index contributed by atoms with van der Waals surface area (Å²) >= 11 is 0. The Bertz CT molecular complexity index is 528. The summed E-state index contributed by atoms with van der Waals surface area (Å²) in [7, 11) is 1.70. The van der Waals surface area contributed by atoms with Crippen molar-refractivity contribution in [3.63, 3.8) is 0 Å². The third-order valence-electron chi connectivity index (χ3n) is 5.25. The van der Waals surface area contributed by atoms with Crippen LogP contribution in [0.2, 0.25) is 0 Å². The van der Waals surface area contributed by atoms with Crippen molar-refractivity contribution < 1.29 is 14.3 Å². The van der Waals surface area contributed by atoms with E-state index in [1.54, 1.807) is 7.11 Å². The molecule has 0 aromatic heterocycles. The minimum absolute atomic E-state index is 0.0788. The van der Waals surface area contributed by atoms with Crippen LogP contribution < -0.4 is 5.32 Å². The van der Waals surface area contributed by atoms with Gasteiger partial charge in [-0.2, -0.15) is 0 Å². The minimum Gasteiger partial charge on any atom is -0.384 e. The van der Waals surface area contributed by atoms with Crippen LogP contribution in [-0.4, -0.2) is 38.4 Å². The quantitative estimate of drug-likeness (QED) is 0.906. The highest BCUT2D eigenvalue weighted by Gasteiger charge is 2.54. The molecule has 0 radical (unpaired) electrons. The molecule has 1 saturated carbocycles. The van der Waals surface area contributed by atoms with E-state index >= 15 is 0 Å². The van der Waals surface area contributed by atoms with Gasteiger partial charge in [0.1, 0.15) is 0 Å². The van der Waals surface area contributed by atoms with Gasteiger partial charge in [-0.15, -0.1) is 0 Å². The van der Waals surface area contributed by atoms with Crippen molar-refractivity contribution in [1.29, 1.82) is 0 Å². The van der Waals surface area contributed by atoms with Crippen LogP contribution in [0.15, 0.2) is 30.3 Å². The second-order valence-electron chi connectivity index (χ2n) is 6.90. The average Bonchev–Trinajstić information content (AvgIpc) is 2.95. The zero-order chi connectivity index (χ0) is 15.7. The molecule has 22 heavy (non-hydrogen) atoms. The Morgan fingerprint density at radius 3 is 2.77 bits per heavy atom. The number of methoxy groups -OCH3 is 1. The molecule has 1 heterocycles. The smallest absolute Gasteiger partial charge is 0.230 e. The third-order valence-corrected chi connectivity index (χ3v) is 5.25. The number of ether oxygens (including phenoxy) is 2. The second kappa shape index (κ2) is 6.01. The van der Waals surface area contributed by atoms with Crippen molar-refractivity contribution in [2.24, 2.45) is 11.8 Å². The summed E-state index contributed by atoms with van der Waals surface area (Å²) in [5.74, 6) is 0.791. The van der Waals surface area contributed by atoms with Crippen LogP contribution in [-0.2, 0) is 19.7 Å². The van der Waals surface area contributed by atoms with Crippen molar-refractivity contribution in [3.05, 3.63) is 35.9 Å². The normalized spacial score (nSPS) is 30.5. The van der Waals surface area contributed by atoms with E-state index < -0.39 is 5.41 Å². The molecule has 4 heteroatoms. The summed E-state index contributed by atoms with van der Waals surface area (Å²) in [4.78, 5) is 12.8. The van der Waals surface area contributed by atoms with Crippen LogP contribution in [0.5, 0.6) is 0 Å². The van der Waals surface area contributed by atoms with Gasteiger partial charge in [-0.05, 0) is 25.8 Å². The van der Waals surface area contributed by atoms with Gasteiger partial charge in [-0.1, -0.05) is 30.3 Å². The van der Waals surface area contributed by atoms with Crippen molar-refractivity contribution >= 4 is 5.91 Å². The summed E-state index contributed by atoms with van der Waals surface area (Å²) in [5.41, 5.74) is 0.498. The third kappa shape index (κ3) is 2.55. The monoisotopic (exact) mass is 303 g/mol. The molecule has 0 bridgehead atoms.